The molecular formula is C15H14N4O. The van der Waals surface area contributed by atoms with Gasteiger partial charge >= 0.3 is 0 Å². The van der Waals surface area contributed by atoms with Crippen LogP contribution in [0.15, 0.2) is 35.4 Å². The van der Waals surface area contributed by atoms with Crippen LogP contribution in [0.5, 0.6) is 0 Å². The molecule has 20 heavy (non-hydrogen) atoms. The van der Waals surface area contributed by atoms with Crippen molar-refractivity contribution < 1.29 is 0 Å². The van der Waals surface area contributed by atoms with Crippen LogP contribution < -0.4 is 10.9 Å². The van der Waals surface area contributed by atoms with Gasteiger partial charge in [0.15, 0.2) is 0 Å². The first kappa shape index (κ1) is 12.6. The molecule has 0 radical (unpaired) electrons. The number of rotatable bonds is 2. The third-order valence-electron chi connectivity index (χ3n) is 3.54. The number of aromatic nitrogens is 2. The molecule has 0 saturated heterocycles. The predicted molar refractivity (Wildman–Crippen MR) is 74.2 cm³/mol. The van der Waals surface area contributed by atoms with Crippen molar-refractivity contribution in [1.82, 2.24) is 14.9 Å². The zero-order valence-electron chi connectivity index (χ0n) is 11.0. The van der Waals surface area contributed by atoms with E-state index in [-0.39, 0.29) is 5.56 Å². The Morgan fingerprint density at radius 2 is 2.25 bits per heavy atom. The van der Waals surface area contributed by atoms with Crippen molar-refractivity contribution in [2.75, 3.05) is 6.54 Å². The molecule has 1 aromatic heterocycles. The van der Waals surface area contributed by atoms with Gasteiger partial charge in [0.1, 0.15) is 0 Å². The summed E-state index contributed by atoms with van der Waals surface area (Å²) in [6, 6.07) is 9.47. The van der Waals surface area contributed by atoms with E-state index in [0.29, 0.717) is 25.1 Å². The van der Waals surface area contributed by atoms with Crippen LogP contribution >= 0.6 is 0 Å². The van der Waals surface area contributed by atoms with E-state index in [1.54, 1.807) is 17.0 Å². The predicted octanol–water partition coefficient (Wildman–Crippen LogP) is 0.809. The van der Waals surface area contributed by atoms with Gasteiger partial charge in [0.25, 0.3) is 5.56 Å². The number of hydrogen-bond donors (Lipinski definition) is 1. The summed E-state index contributed by atoms with van der Waals surface area (Å²) in [5.41, 5.74) is 3.07. The summed E-state index contributed by atoms with van der Waals surface area (Å²) in [7, 11) is 0. The maximum Gasteiger partial charge on any atom is 0.257 e. The van der Waals surface area contributed by atoms with Crippen molar-refractivity contribution in [3.8, 4) is 6.07 Å². The van der Waals surface area contributed by atoms with Gasteiger partial charge in [-0.1, -0.05) is 18.2 Å². The van der Waals surface area contributed by atoms with E-state index in [2.05, 4.69) is 16.4 Å². The lowest BCUT2D eigenvalue weighted by atomic mass is 10.1. The largest absolute Gasteiger partial charge is 0.311 e. The van der Waals surface area contributed by atoms with Crippen LogP contribution in [0.1, 0.15) is 22.4 Å². The highest BCUT2D eigenvalue weighted by Crippen LogP contribution is 2.10. The molecule has 2 heterocycles. The van der Waals surface area contributed by atoms with E-state index in [0.717, 1.165) is 23.4 Å². The molecule has 2 aromatic rings. The molecule has 5 heteroatoms. The third-order valence-corrected chi connectivity index (χ3v) is 3.54. The topological polar surface area (TPSA) is 70.7 Å². The normalized spacial score (nSPS) is 13.6. The number of nitriles is 1. The molecule has 1 aliphatic heterocycles. The van der Waals surface area contributed by atoms with Crippen molar-refractivity contribution in [3.63, 3.8) is 0 Å². The van der Waals surface area contributed by atoms with Crippen LogP contribution in [0.2, 0.25) is 0 Å². The molecule has 0 saturated carbocycles. The average molecular weight is 266 g/mol. The smallest absolute Gasteiger partial charge is 0.257 e. The van der Waals surface area contributed by atoms with Crippen LogP contribution in [0.25, 0.3) is 0 Å². The fraction of sp³-hybridized carbons (Fsp3) is 0.267. The molecule has 1 aromatic carbocycles. The van der Waals surface area contributed by atoms with E-state index in [9.17, 15) is 4.79 Å². The number of benzene rings is 1. The Kier molecular flexibility index (Phi) is 3.32. The van der Waals surface area contributed by atoms with Crippen LogP contribution in [0.4, 0.5) is 0 Å². The summed E-state index contributed by atoms with van der Waals surface area (Å²) in [6.07, 6.45) is 2.28. The second-order valence-corrected chi connectivity index (χ2v) is 4.80. The Morgan fingerprint density at radius 1 is 1.40 bits per heavy atom. The molecule has 0 spiro atoms. The van der Waals surface area contributed by atoms with Gasteiger partial charge in [0.2, 0.25) is 0 Å². The Bertz CT molecular complexity index is 742. The maximum absolute atomic E-state index is 12.4. The number of nitrogens with one attached hydrogen (secondary N) is 1. The Morgan fingerprint density at radius 3 is 3.10 bits per heavy atom. The monoisotopic (exact) mass is 266 g/mol. The second kappa shape index (κ2) is 5.27. The zero-order chi connectivity index (χ0) is 13.9. The highest BCUT2D eigenvalue weighted by atomic mass is 16.1. The van der Waals surface area contributed by atoms with Crippen LogP contribution in [0, 0.1) is 11.3 Å². The van der Waals surface area contributed by atoms with Crippen molar-refractivity contribution in [2.45, 2.75) is 19.5 Å². The lowest BCUT2D eigenvalue weighted by Crippen LogP contribution is -2.34. The third kappa shape index (κ3) is 2.22. The molecule has 0 atom stereocenters. The summed E-state index contributed by atoms with van der Waals surface area (Å²) in [5, 5.41) is 12.3. The highest BCUT2D eigenvalue weighted by molar-refractivity contribution is 5.37. The quantitative estimate of drug-likeness (QED) is 0.873. The SMILES string of the molecule is N#Cc1ccccc1Cn1cnc2c(c1=O)CCNC2. The summed E-state index contributed by atoms with van der Waals surface area (Å²) in [4.78, 5) is 16.8. The first-order valence-corrected chi connectivity index (χ1v) is 6.55. The Labute approximate surface area is 116 Å². The van der Waals surface area contributed by atoms with Crippen LogP contribution in [-0.2, 0) is 19.5 Å². The first-order valence-electron chi connectivity index (χ1n) is 6.55. The van der Waals surface area contributed by atoms with E-state index in [1.165, 1.54) is 0 Å². The maximum atomic E-state index is 12.4. The van der Waals surface area contributed by atoms with Gasteiger partial charge in [0, 0.05) is 12.1 Å². The molecular weight excluding hydrogens is 252 g/mol. The summed E-state index contributed by atoms with van der Waals surface area (Å²) in [6.45, 7) is 1.85. The molecule has 0 amide bonds. The Balaban J connectivity index is 2.00. The molecule has 1 aliphatic rings. The van der Waals surface area contributed by atoms with Crippen molar-refractivity contribution in [3.05, 3.63) is 63.3 Å². The molecule has 0 aliphatic carbocycles. The summed E-state index contributed by atoms with van der Waals surface area (Å²) >= 11 is 0. The minimum absolute atomic E-state index is 0.00393. The molecule has 0 fully saturated rings. The van der Waals surface area contributed by atoms with Crippen LogP contribution in [0.3, 0.4) is 0 Å². The minimum Gasteiger partial charge on any atom is -0.311 e. The molecule has 3 rings (SSSR count). The summed E-state index contributed by atoms with van der Waals surface area (Å²) < 4.78 is 1.58. The van der Waals surface area contributed by atoms with E-state index in [1.807, 2.05) is 18.2 Å². The molecule has 5 nitrogen and oxygen atoms in total. The summed E-state index contributed by atoms with van der Waals surface area (Å²) in [5.74, 6) is 0. The van der Waals surface area contributed by atoms with E-state index >= 15 is 0 Å². The van der Waals surface area contributed by atoms with E-state index in [4.69, 9.17) is 5.26 Å². The van der Waals surface area contributed by atoms with E-state index < -0.39 is 0 Å². The standard InChI is InChI=1S/C15H14N4O/c16-7-11-3-1-2-4-12(11)9-19-10-18-14-8-17-6-5-13(14)15(19)20/h1-4,10,17H,5-6,8-9H2. The number of fused-ring (bicyclic) bond motifs is 1. The molecule has 1 N–H and O–H groups in total. The van der Waals surface area contributed by atoms with Gasteiger partial charge in [-0.15, -0.1) is 0 Å². The fourth-order valence-electron chi connectivity index (χ4n) is 2.45. The van der Waals surface area contributed by atoms with Gasteiger partial charge in [-0.25, -0.2) is 4.98 Å². The van der Waals surface area contributed by atoms with Gasteiger partial charge in [-0.05, 0) is 24.6 Å². The second-order valence-electron chi connectivity index (χ2n) is 4.80. The molecule has 0 unspecified atom stereocenters. The number of nitrogens with zero attached hydrogens (tertiary/aromatic N) is 3. The van der Waals surface area contributed by atoms with Crippen molar-refractivity contribution in [1.29, 1.82) is 5.26 Å². The highest BCUT2D eigenvalue weighted by Gasteiger charge is 2.15. The lowest BCUT2D eigenvalue weighted by molar-refractivity contribution is 0.596. The van der Waals surface area contributed by atoms with Crippen molar-refractivity contribution in [2.24, 2.45) is 0 Å². The van der Waals surface area contributed by atoms with Gasteiger partial charge < -0.3 is 5.32 Å². The van der Waals surface area contributed by atoms with Gasteiger partial charge in [-0.3, -0.25) is 9.36 Å². The first-order chi connectivity index (χ1) is 9.79. The lowest BCUT2D eigenvalue weighted by Gasteiger charge is -2.17. The fourth-order valence-corrected chi connectivity index (χ4v) is 2.45. The zero-order valence-corrected chi connectivity index (χ0v) is 11.0. The van der Waals surface area contributed by atoms with Gasteiger partial charge in [-0.2, -0.15) is 5.26 Å². The van der Waals surface area contributed by atoms with Crippen LogP contribution in [-0.4, -0.2) is 16.1 Å². The molecule has 100 valence electrons. The van der Waals surface area contributed by atoms with Crippen molar-refractivity contribution >= 4 is 0 Å². The number of hydrogen-bond acceptors (Lipinski definition) is 4. The Hall–Kier alpha value is -2.45. The van der Waals surface area contributed by atoms with Gasteiger partial charge in [0.05, 0.1) is 30.2 Å². The minimum atomic E-state index is 0.00393. The average Bonchev–Trinajstić information content (AvgIpc) is 2.51. The molecule has 0 bridgehead atoms.